The summed E-state index contributed by atoms with van der Waals surface area (Å²) in [5, 5.41) is 10.4. The van der Waals surface area contributed by atoms with Gasteiger partial charge in [0.1, 0.15) is 0 Å². The number of carboxylic acid groups (broad SMARTS) is 1. The molecule has 1 rings (SSSR count). The van der Waals surface area contributed by atoms with Crippen molar-refractivity contribution in [2.75, 3.05) is 6.61 Å². The first kappa shape index (κ1) is 9.74. The average Bonchev–Trinajstić information content (AvgIpc) is 2.15. The number of hydrogen-bond acceptors (Lipinski definition) is 3. The standard InChI is InChI=1S/C10H12O3/c1-2-13-7-8-3-5-9(6-4-8)10(11)12/h3-6H,2,7H2,1H3,(H,11,12)/p-1. The Morgan fingerprint density at radius 3 is 2.46 bits per heavy atom. The van der Waals surface area contributed by atoms with Crippen molar-refractivity contribution in [2.24, 2.45) is 0 Å². The van der Waals surface area contributed by atoms with Crippen molar-refractivity contribution in [1.29, 1.82) is 0 Å². The van der Waals surface area contributed by atoms with Crippen molar-refractivity contribution in [2.45, 2.75) is 13.5 Å². The first-order valence-electron chi connectivity index (χ1n) is 4.12. The Bertz CT molecular complexity index is 277. The number of rotatable bonds is 4. The molecule has 0 atom stereocenters. The molecule has 70 valence electrons. The van der Waals surface area contributed by atoms with Crippen LogP contribution in [0.3, 0.4) is 0 Å². The van der Waals surface area contributed by atoms with Crippen LogP contribution in [0.1, 0.15) is 22.8 Å². The third-order valence-corrected chi connectivity index (χ3v) is 1.66. The van der Waals surface area contributed by atoms with Gasteiger partial charge in [0.05, 0.1) is 12.6 Å². The fourth-order valence-electron chi connectivity index (χ4n) is 0.957. The molecule has 1 aromatic rings. The summed E-state index contributed by atoms with van der Waals surface area (Å²) in [6.45, 7) is 3.08. The van der Waals surface area contributed by atoms with Gasteiger partial charge in [-0.3, -0.25) is 0 Å². The van der Waals surface area contributed by atoms with Gasteiger partial charge in [0.15, 0.2) is 0 Å². The van der Waals surface area contributed by atoms with Crippen LogP contribution in [0, 0.1) is 0 Å². The lowest BCUT2D eigenvalue weighted by molar-refractivity contribution is -0.255. The Morgan fingerprint density at radius 1 is 1.38 bits per heavy atom. The van der Waals surface area contributed by atoms with Crippen LogP contribution in [0.5, 0.6) is 0 Å². The van der Waals surface area contributed by atoms with Gasteiger partial charge in [0.25, 0.3) is 0 Å². The van der Waals surface area contributed by atoms with Crippen LogP contribution in [0.2, 0.25) is 0 Å². The second-order valence-corrected chi connectivity index (χ2v) is 2.62. The van der Waals surface area contributed by atoms with E-state index in [2.05, 4.69) is 0 Å². The normalized spacial score (nSPS) is 9.92. The molecule has 0 aliphatic rings. The van der Waals surface area contributed by atoms with Gasteiger partial charge in [-0.1, -0.05) is 24.3 Å². The number of benzene rings is 1. The number of carboxylic acids is 1. The second-order valence-electron chi connectivity index (χ2n) is 2.62. The average molecular weight is 179 g/mol. The Morgan fingerprint density at radius 2 is 2.00 bits per heavy atom. The molecule has 3 heteroatoms. The minimum Gasteiger partial charge on any atom is -0.545 e. The molecule has 0 aliphatic heterocycles. The van der Waals surface area contributed by atoms with Crippen LogP contribution in [0.15, 0.2) is 24.3 Å². The highest BCUT2D eigenvalue weighted by molar-refractivity contribution is 5.85. The third kappa shape index (κ3) is 2.87. The van der Waals surface area contributed by atoms with Crippen molar-refractivity contribution < 1.29 is 14.6 Å². The zero-order chi connectivity index (χ0) is 9.68. The number of carbonyl (C=O) groups excluding carboxylic acids is 1. The summed E-state index contributed by atoms with van der Waals surface area (Å²) in [4.78, 5) is 10.4. The zero-order valence-corrected chi connectivity index (χ0v) is 7.45. The lowest BCUT2D eigenvalue weighted by Crippen LogP contribution is -2.22. The quantitative estimate of drug-likeness (QED) is 0.679. The van der Waals surface area contributed by atoms with Crippen molar-refractivity contribution in [3.8, 4) is 0 Å². The van der Waals surface area contributed by atoms with Crippen LogP contribution >= 0.6 is 0 Å². The van der Waals surface area contributed by atoms with Gasteiger partial charge in [-0.05, 0) is 18.1 Å². The molecule has 13 heavy (non-hydrogen) atoms. The van der Waals surface area contributed by atoms with Gasteiger partial charge >= 0.3 is 0 Å². The maximum Gasteiger partial charge on any atom is 0.0716 e. The van der Waals surface area contributed by atoms with E-state index < -0.39 is 5.97 Å². The van der Waals surface area contributed by atoms with E-state index in [-0.39, 0.29) is 5.56 Å². The van der Waals surface area contributed by atoms with Gasteiger partial charge in [0, 0.05) is 6.61 Å². The highest BCUT2D eigenvalue weighted by Gasteiger charge is 1.94. The van der Waals surface area contributed by atoms with E-state index in [0.717, 1.165) is 5.56 Å². The molecule has 0 aliphatic carbocycles. The first-order chi connectivity index (χ1) is 6.24. The summed E-state index contributed by atoms with van der Waals surface area (Å²) in [5.41, 5.74) is 1.16. The number of ether oxygens (including phenoxy) is 1. The molecule has 0 radical (unpaired) electrons. The minimum absolute atomic E-state index is 0.195. The summed E-state index contributed by atoms with van der Waals surface area (Å²) in [7, 11) is 0. The molecule has 0 spiro atoms. The van der Waals surface area contributed by atoms with Gasteiger partial charge in [0.2, 0.25) is 0 Å². The molecule has 0 heterocycles. The summed E-state index contributed by atoms with van der Waals surface area (Å²) >= 11 is 0. The SMILES string of the molecule is CCOCc1ccc(C(=O)[O-])cc1. The van der Waals surface area contributed by atoms with Crippen LogP contribution < -0.4 is 5.11 Å². The highest BCUT2D eigenvalue weighted by Crippen LogP contribution is 2.04. The Labute approximate surface area is 77.0 Å². The van der Waals surface area contributed by atoms with Crippen LogP contribution in [0.4, 0.5) is 0 Å². The van der Waals surface area contributed by atoms with E-state index in [1.165, 1.54) is 12.1 Å². The molecular formula is C10H11O3-. The predicted molar refractivity (Wildman–Crippen MR) is 46.1 cm³/mol. The zero-order valence-electron chi connectivity index (χ0n) is 7.45. The minimum atomic E-state index is -1.15. The van der Waals surface area contributed by atoms with Gasteiger partial charge in [-0.2, -0.15) is 0 Å². The summed E-state index contributed by atoms with van der Waals surface area (Å²) in [5.74, 6) is -1.15. The van der Waals surface area contributed by atoms with Crippen molar-refractivity contribution in [3.05, 3.63) is 35.4 Å². The molecule has 0 unspecified atom stereocenters. The second kappa shape index (κ2) is 4.62. The lowest BCUT2D eigenvalue weighted by Gasteiger charge is -2.04. The van der Waals surface area contributed by atoms with Gasteiger partial charge < -0.3 is 14.6 Å². The highest BCUT2D eigenvalue weighted by atomic mass is 16.5. The largest absolute Gasteiger partial charge is 0.545 e. The molecule has 0 saturated heterocycles. The van der Waals surface area contributed by atoms with Gasteiger partial charge in [-0.15, -0.1) is 0 Å². The van der Waals surface area contributed by atoms with Gasteiger partial charge in [-0.25, -0.2) is 0 Å². The maximum absolute atomic E-state index is 10.4. The topological polar surface area (TPSA) is 49.4 Å². The Hall–Kier alpha value is -1.35. The molecule has 0 bridgehead atoms. The van der Waals surface area contributed by atoms with E-state index in [0.29, 0.717) is 13.2 Å². The van der Waals surface area contributed by atoms with Crippen LogP contribution in [0.25, 0.3) is 0 Å². The summed E-state index contributed by atoms with van der Waals surface area (Å²) in [6, 6.07) is 6.48. The smallest absolute Gasteiger partial charge is 0.0716 e. The van der Waals surface area contributed by atoms with E-state index in [1.807, 2.05) is 6.92 Å². The van der Waals surface area contributed by atoms with E-state index in [1.54, 1.807) is 12.1 Å². The van der Waals surface area contributed by atoms with Crippen LogP contribution in [-0.4, -0.2) is 12.6 Å². The molecular weight excluding hydrogens is 168 g/mol. The summed E-state index contributed by atoms with van der Waals surface area (Å²) in [6.07, 6.45) is 0. The number of carbonyl (C=O) groups is 1. The van der Waals surface area contributed by atoms with Crippen LogP contribution in [-0.2, 0) is 11.3 Å². The first-order valence-corrected chi connectivity index (χ1v) is 4.12. The Kier molecular flexibility index (Phi) is 3.46. The van der Waals surface area contributed by atoms with E-state index >= 15 is 0 Å². The fourth-order valence-corrected chi connectivity index (χ4v) is 0.957. The predicted octanol–water partition coefficient (Wildman–Crippen LogP) is 0.587. The molecule has 1 aromatic carbocycles. The third-order valence-electron chi connectivity index (χ3n) is 1.66. The lowest BCUT2D eigenvalue weighted by atomic mass is 10.1. The Balaban J connectivity index is 2.64. The molecule has 0 saturated carbocycles. The maximum atomic E-state index is 10.4. The van der Waals surface area contributed by atoms with Crippen molar-refractivity contribution in [1.82, 2.24) is 0 Å². The molecule has 0 fully saturated rings. The monoisotopic (exact) mass is 179 g/mol. The molecule has 0 aromatic heterocycles. The number of hydrogen-bond donors (Lipinski definition) is 0. The number of aromatic carboxylic acids is 1. The summed E-state index contributed by atoms with van der Waals surface area (Å²) < 4.78 is 5.16. The fraction of sp³-hybridized carbons (Fsp3) is 0.300. The molecule has 0 amide bonds. The van der Waals surface area contributed by atoms with E-state index in [4.69, 9.17) is 4.74 Å². The van der Waals surface area contributed by atoms with E-state index in [9.17, 15) is 9.90 Å². The molecule has 3 nitrogen and oxygen atoms in total. The molecule has 0 N–H and O–H groups in total. The van der Waals surface area contributed by atoms with Crippen molar-refractivity contribution in [3.63, 3.8) is 0 Å². The van der Waals surface area contributed by atoms with Crippen molar-refractivity contribution >= 4 is 5.97 Å².